The molecule has 1 atom stereocenters. The highest BCUT2D eigenvalue weighted by Crippen LogP contribution is 2.20. The molecule has 2 N–H and O–H groups in total. The zero-order valence-corrected chi connectivity index (χ0v) is 11.0. The number of benzene rings is 1. The molecule has 0 saturated carbocycles. The van der Waals surface area contributed by atoms with Crippen LogP contribution in [0.15, 0.2) is 28.7 Å². The Morgan fingerprint density at radius 1 is 1.33 bits per heavy atom. The molecule has 0 radical (unpaired) electrons. The monoisotopic (exact) mass is 270 g/mol. The Hall–Kier alpha value is -0.380. The van der Waals surface area contributed by atoms with Gasteiger partial charge in [0.05, 0.1) is 0 Å². The van der Waals surface area contributed by atoms with Gasteiger partial charge in [0.1, 0.15) is 0 Å². The van der Waals surface area contributed by atoms with Crippen LogP contribution in [-0.4, -0.2) is 25.0 Å². The van der Waals surface area contributed by atoms with Crippen LogP contribution in [-0.2, 0) is 0 Å². The van der Waals surface area contributed by atoms with Crippen molar-refractivity contribution < 1.29 is 0 Å². The third-order valence-electron chi connectivity index (χ3n) is 2.59. The fourth-order valence-electron chi connectivity index (χ4n) is 1.76. The lowest BCUT2D eigenvalue weighted by atomic mass is 10.1. The van der Waals surface area contributed by atoms with E-state index in [1.807, 2.05) is 0 Å². The summed E-state index contributed by atoms with van der Waals surface area (Å²) >= 11 is 3.44. The van der Waals surface area contributed by atoms with Crippen LogP contribution < -0.4 is 5.73 Å². The largest absolute Gasteiger partial charge is 0.329 e. The first-order valence-corrected chi connectivity index (χ1v) is 6.14. The minimum Gasteiger partial charge on any atom is -0.329 e. The first-order valence-electron chi connectivity index (χ1n) is 5.34. The number of nitrogens with zero attached hydrogens (tertiary/aromatic N) is 1. The average molecular weight is 271 g/mol. The summed E-state index contributed by atoms with van der Waals surface area (Å²) in [7, 11) is 2.13. The van der Waals surface area contributed by atoms with E-state index in [4.69, 9.17) is 5.73 Å². The number of hydrogen-bond acceptors (Lipinski definition) is 2. The van der Waals surface area contributed by atoms with Crippen molar-refractivity contribution in [1.82, 2.24) is 4.90 Å². The van der Waals surface area contributed by atoms with Gasteiger partial charge in [0.25, 0.3) is 0 Å². The SMILES string of the molecule is CCCN(C)C(CN)c1ccc(Br)cc1. The van der Waals surface area contributed by atoms with Crippen molar-refractivity contribution in [1.29, 1.82) is 0 Å². The summed E-state index contributed by atoms with van der Waals surface area (Å²) in [6, 6.07) is 8.73. The Morgan fingerprint density at radius 3 is 2.40 bits per heavy atom. The molecule has 1 aromatic carbocycles. The number of halogens is 1. The Kier molecular flexibility index (Phi) is 5.29. The maximum Gasteiger partial charge on any atom is 0.0467 e. The van der Waals surface area contributed by atoms with Gasteiger partial charge in [-0.3, -0.25) is 4.90 Å². The van der Waals surface area contributed by atoms with Crippen LogP contribution >= 0.6 is 15.9 Å². The van der Waals surface area contributed by atoms with Crippen molar-refractivity contribution >= 4 is 15.9 Å². The molecule has 0 aromatic heterocycles. The van der Waals surface area contributed by atoms with Gasteiger partial charge in [0.15, 0.2) is 0 Å². The van der Waals surface area contributed by atoms with Gasteiger partial charge in [-0.2, -0.15) is 0 Å². The Morgan fingerprint density at radius 2 is 1.93 bits per heavy atom. The Bertz CT molecular complexity index is 284. The molecule has 2 nitrogen and oxygen atoms in total. The molecule has 0 aliphatic rings. The van der Waals surface area contributed by atoms with E-state index in [1.54, 1.807) is 0 Å². The van der Waals surface area contributed by atoms with E-state index in [1.165, 1.54) is 5.56 Å². The normalized spacial score (nSPS) is 13.1. The molecular weight excluding hydrogens is 252 g/mol. The van der Waals surface area contributed by atoms with Gasteiger partial charge in [0.2, 0.25) is 0 Å². The highest BCUT2D eigenvalue weighted by molar-refractivity contribution is 9.10. The van der Waals surface area contributed by atoms with Gasteiger partial charge in [-0.1, -0.05) is 35.0 Å². The highest BCUT2D eigenvalue weighted by atomic mass is 79.9. The lowest BCUT2D eigenvalue weighted by molar-refractivity contribution is 0.251. The topological polar surface area (TPSA) is 29.3 Å². The summed E-state index contributed by atoms with van der Waals surface area (Å²) in [5.74, 6) is 0. The molecular formula is C12H19BrN2. The van der Waals surface area contributed by atoms with Gasteiger partial charge in [-0.15, -0.1) is 0 Å². The first-order chi connectivity index (χ1) is 7.19. The summed E-state index contributed by atoms with van der Waals surface area (Å²) in [5, 5.41) is 0. The van der Waals surface area contributed by atoms with Crippen molar-refractivity contribution in [2.24, 2.45) is 5.73 Å². The zero-order valence-electron chi connectivity index (χ0n) is 9.41. The van der Waals surface area contributed by atoms with Gasteiger partial charge >= 0.3 is 0 Å². The van der Waals surface area contributed by atoms with Crippen molar-refractivity contribution in [3.8, 4) is 0 Å². The fraction of sp³-hybridized carbons (Fsp3) is 0.500. The van der Waals surface area contributed by atoms with Crippen LogP contribution in [0.5, 0.6) is 0 Å². The molecule has 0 aliphatic carbocycles. The average Bonchev–Trinajstić information content (AvgIpc) is 2.22. The van der Waals surface area contributed by atoms with Gasteiger partial charge < -0.3 is 5.73 Å². The lowest BCUT2D eigenvalue weighted by Gasteiger charge is -2.26. The van der Waals surface area contributed by atoms with Gasteiger partial charge in [-0.05, 0) is 37.7 Å². The minimum absolute atomic E-state index is 0.332. The van der Waals surface area contributed by atoms with E-state index < -0.39 is 0 Å². The maximum absolute atomic E-state index is 5.82. The van der Waals surface area contributed by atoms with Crippen LogP contribution in [0.2, 0.25) is 0 Å². The van der Waals surface area contributed by atoms with E-state index in [2.05, 4.69) is 59.1 Å². The van der Waals surface area contributed by atoms with E-state index >= 15 is 0 Å². The summed E-state index contributed by atoms with van der Waals surface area (Å²) in [6.07, 6.45) is 1.16. The lowest BCUT2D eigenvalue weighted by Crippen LogP contribution is -2.31. The van der Waals surface area contributed by atoms with Crippen molar-refractivity contribution in [3.05, 3.63) is 34.3 Å². The smallest absolute Gasteiger partial charge is 0.0467 e. The van der Waals surface area contributed by atoms with Crippen LogP contribution in [0.25, 0.3) is 0 Å². The third-order valence-corrected chi connectivity index (χ3v) is 3.12. The maximum atomic E-state index is 5.82. The van der Waals surface area contributed by atoms with Crippen LogP contribution in [0.4, 0.5) is 0 Å². The van der Waals surface area contributed by atoms with Crippen LogP contribution in [0.1, 0.15) is 24.9 Å². The molecule has 84 valence electrons. The summed E-state index contributed by atoms with van der Waals surface area (Å²) in [5.41, 5.74) is 7.11. The number of likely N-dealkylation sites (N-methyl/N-ethyl adjacent to an activating group) is 1. The Labute approximate surface area is 101 Å². The highest BCUT2D eigenvalue weighted by Gasteiger charge is 2.13. The van der Waals surface area contributed by atoms with Crippen molar-refractivity contribution in [2.75, 3.05) is 20.1 Å². The van der Waals surface area contributed by atoms with Crippen molar-refractivity contribution in [3.63, 3.8) is 0 Å². The second kappa shape index (κ2) is 6.26. The minimum atomic E-state index is 0.332. The molecule has 1 rings (SSSR count). The summed E-state index contributed by atoms with van der Waals surface area (Å²) < 4.78 is 1.11. The second-order valence-electron chi connectivity index (χ2n) is 3.78. The number of rotatable bonds is 5. The molecule has 0 amide bonds. The molecule has 1 unspecified atom stereocenters. The molecule has 3 heteroatoms. The predicted molar refractivity (Wildman–Crippen MR) is 68.9 cm³/mol. The quantitative estimate of drug-likeness (QED) is 0.892. The molecule has 1 aromatic rings. The zero-order chi connectivity index (χ0) is 11.3. The number of hydrogen-bond donors (Lipinski definition) is 1. The standard InChI is InChI=1S/C12H19BrN2/c1-3-8-15(2)12(9-14)10-4-6-11(13)7-5-10/h4-7,12H,3,8-9,14H2,1-2H3. The summed E-state index contributed by atoms with van der Waals surface area (Å²) in [4.78, 5) is 2.31. The fourth-order valence-corrected chi connectivity index (χ4v) is 2.03. The molecule has 0 aliphatic heterocycles. The van der Waals surface area contributed by atoms with E-state index in [9.17, 15) is 0 Å². The van der Waals surface area contributed by atoms with Crippen LogP contribution in [0, 0.1) is 0 Å². The summed E-state index contributed by atoms with van der Waals surface area (Å²) in [6.45, 7) is 3.93. The van der Waals surface area contributed by atoms with Gasteiger partial charge in [0, 0.05) is 17.1 Å². The van der Waals surface area contributed by atoms with E-state index in [0.717, 1.165) is 17.4 Å². The third kappa shape index (κ3) is 3.59. The first kappa shape index (κ1) is 12.7. The molecule has 0 saturated heterocycles. The molecule has 0 fully saturated rings. The van der Waals surface area contributed by atoms with Crippen molar-refractivity contribution in [2.45, 2.75) is 19.4 Å². The molecule has 0 bridgehead atoms. The second-order valence-corrected chi connectivity index (χ2v) is 4.70. The van der Waals surface area contributed by atoms with E-state index in [0.29, 0.717) is 12.6 Å². The predicted octanol–water partition coefficient (Wildman–Crippen LogP) is 2.79. The van der Waals surface area contributed by atoms with Gasteiger partial charge in [-0.25, -0.2) is 0 Å². The van der Waals surface area contributed by atoms with E-state index in [-0.39, 0.29) is 0 Å². The molecule has 0 spiro atoms. The van der Waals surface area contributed by atoms with Crippen LogP contribution in [0.3, 0.4) is 0 Å². The molecule has 0 heterocycles. The Balaban J connectivity index is 2.77. The number of nitrogens with two attached hydrogens (primary N) is 1. The molecule has 15 heavy (non-hydrogen) atoms.